The molecule has 3 rings (SSSR count). The highest BCUT2D eigenvalue weighted by molar-refractivity contribution is 6.35. The second kappa shape index (κ2) is 5.76. The zero-order valence-corrected chi connectivity index (χ0v) is 12.9. The molecule has 0 aromatic heterocycles. The molecule has 0 aliphatic carbocycles. The Morgan fingerprint density at radius 2 is 1.62 bits per heavy atom. The van der Waals surface area contributed by atoms with Crippen molar-refractivity contribution in [1.82, 2.24) is 5.32 Å². The summed E-state index contributed by atoms with van der Waals surface area (Å²) in [5.74, 6) is 0.251. The largest absolute Gasteiger partial charge is 0.476 e. The lowest BCUT2D eigenvalue weighted by molar-refractivity contribution is -0.140. The van der Waals surface area contributed by atoms with E-state index in [4.69, 9.17) is 39.5 Å². The van der Waals surface area contributed by atoms with Crippen LogP contribution in [0.1, 0.15) is 11.6 Å². The lowest BCUT2D eigenvalue weighted by Gasteiger charge is -2.37. The van der Waals surface area contributed by atoms with Crippen molar-refractivity contribution < 1.29 is 9.53 Å². The first-order valence-electron chi connectivity index (χ1n) is 6.22. The average molecular weight is 343 g/mol. The van der Waals surface area contributed by atoms with Crippen LogP contribution in [-0.2, 0) is 4.79 Å². The Kier molecular flexibility index (Phi) is 3.98. The third-order valence-electron chi connectivity index (χ3n) is 3.24. The number of carbonyl (C=O) groups excluding carboxylic acids is 1. The normalized spacial score (nSPS) is 20.6. The summed E-state index contributed by atoms with van der Waals surface area (Å²) in [5.41, 5.74) is 0.925. The molecule has 1 N–H and O–H groups in total. The highest BCUT2D eigenvalue weighted by Gasteiger charge is 2.42. The second-order valence-corrected chi connectivity index (χ2v) is 5.93. The van der Waals surface area contributed by atoms with Gasteiger partial charge < -0.3 is 10.1 Å². The van der Waals surface area contributed by atoms with E-state index in [0.29, 0.717) is 20.8 Å². The number of hydrogen-bond donors (Lipinski definition) is 1. The number of hydrogen-bond acceptors (Lipinski definition) is 2. The summed E-state index contributed by atoms with van der Waals surface area (Å²) in [7, 11) is 0. The van der Waals surface area contributed by atoms with E-state index < -0.39 is 6.10 Å². The minimum atomic E-state index is -0.621. The highest BCUT2D eigenvalue weighted by atomic mass is 35.5. The lowest BCUT2D eigenvalue weighted by Crippen LogP contribution is -2.58. The number of amides is 1. The third-order valence-corrected chi connectivity index (χ3v) is 4.02. The summed E-state index contributed by atoms with van der Waals surface area (Å²) >= 11 is 17.8. The molecule has 1 fully saturated rings. The molecular formula is C15H10Cl3NO2. The molecule has 2 aromatic rings. The predicted octanol–water partition coefficient (Wildman–Crippen LogP) is 4.27. The van der Waals surface area contributed by atoms with E-state index in [1.54, 1.807) is 30.3 Å². The Labute approximate surface area is 136 Å². The zero-order valence-electron chi connectivity index (χ0n) is 10.6. The van der Waals surface area contributed by atoms with Crippen LogP contribution < -0.4 is 10.1 Å². The summed E-state index contributed by atoms with van der Waals surface area (Å²) < 4.78 is 5.71. The Hall–Kier alpha value is -1.42. The van der Waals surface area contributed by atoms with E-state index >= 15 is 0 Å². The van der Waals surface area contributed by atoms with Crippen molar-refractivity contribution in [1.29, 1.82) is 0 Å². The zero-order chi connectivity index (χ0) is 15.0. The van der Waals surface area contributed by atoms with E-state index in [1.165, 1.54) is 0 Å². The van der Waals surface area contributed by atoms with Gasteiger partial charge in [0.25, 0.3) is 5.91 Å². The van der Waals surface area contributed by atoms with E-state index in [9.17, 15) is 4.79 Å². The van der Waals surface area contributed by atoms with Gasteiger partial charge in [-0.2, -0.15) is 0 Å². The molecule has 6 heteroatoms. The monoisotopic (exact) mass is 341 g/mol. The minimum absolute atomic E-state index is 0.180. The molecule has 0 saturated carbocycles. The van der Waals surface area contributed by atoms with Gasteiger partial charge in [0.1, 0.15) is 11.8 Å². The molecule has 108 valence electrons. The third kappa shape index (κ3) is 2.95. The summed E-state index contributed by atoms with van der Waals surface area (Å²) in [4.78, 5) is 11.7. The number of β-lactam (4-membered cyclic amide) rings is 1. The number of ether oxygens (including phenoxy) is 1. The molecule has 0 spiro atoms. The smallest absolute Gasteiger partial charge is 0.264 e. The van der Waals surface area contributed by atoms with Gasteiger partial charge in [-0.05, 0) is 35.9 Å². The lowest BCUT2D eigenvalue weighted by atomic mass is 9.94. The van der Waals surface area contributed by atoms with Crippen molar-refractivity contribution in [2.45, 2.75) is 12.1 Å². The van der Waals surface area contributed by atoms with Crippen molar-refractivity contribution in [2.24, 2.45) is 0 Å². The van der Waals surface area contributed by atoms with Crippen molar-refractivity contribution in [3.05, 3.63) is 63.1 Å². The molecule has 21 heavy (non-hydrogen) atoms. The van der Waals surface area contributed by atoms with Crippen LogP contribution in [-0.4, -0.2) is 12.0 Å². The molecule has 1 amide bonds. The molecule has 1 heterocycles. The summed E-state index contributed by atoms with van der Waals surface area (Å²) in [6, 6.07) is 11.9. The molecule has 1 saturated heterocycles. The maximum atomic E-state index is 11.7. The Bertz CT molecular complexity index is 688. The van der Waals surface area contributed by atoms with Crippen molar-refractivity contribution in [3.63, 3.8) is 0 Å². The maximum Gasteiger partial charge on any atom is 0.264 e. The first kappa shape index (κ1) is 14.5. The fourth-order valence-corrected chi connectivity index (χ4v) is 2.70. The molecule has 0 bridgehead atoms. The summed E-state index contributed by atoms with van der Waals surface area (Å²) in [6.07, 6.45) is -0.621. The topological polar surface area (TPSA) is 38.3 Å². The van der Waals surface area contributed by atoms with Gasteiger partial charge in [-0.15, -0.1) is 0 Å². The van der Waals surface area contributed by atoms with E-state index in [-0.39, 0.29) is 11.9 Å². The number of halogens is 3. The van der Waals surface area contributed by atoms with Crippen molar-refractivity contribution >= 4 is 40.7 Å². The Balaban J connectivity index is 1.80. The van der Waals surface area contributed by atoms with Gasteiger partial charge in [0.05, 0.1) is 5.02 Å². The number of rotatable bonds is 3. The number of benzene rings is 2. The molecule has 2 aromatic carbocycles. The fraction of sp³-hybridized carbons (Fsp3) is 0.133. The van der Waals surface area contributed by atoms with Gasteiger partial charge in [-0.1, -0.05) is 46.9 Å². The first-order chi connectivity index (χ1) is 10.0. The fourth-order valence-electron chi connectivity index (χ4n) is 2.12. The quantitative estimate of drug-likeness (QED) is 0.846. The van der Waals surface area contributed by atoms with Gasteiger partial charge >= 0.3 is 0 Å². The van der Waals surface area contributed by atoms with Crippen molar-refractivity contribution in [3.8, 4) is 5.75 Å². The van der Waals surface area contributed by atoms with Crippen LogP contribution in [0, 0.1) is 0 Å². The number of nitrogens with one attached hydrogen (secondary N) is 1. The average Bonchev–Trinajstić information content (AvgIpc) is 2.45. The predicted molar refractivity (Wildman–Crippen MR) is 83.2 cm³/mol. The van der Waals surface area contributed by atoms with Crippen LogP contribution in [0.2, 0.25) is 15.1 Å². The molecule has 0 unspecified atom stereocenters. The molecule has 1 aliphatic rings. The van der Waals surface area contributed by atoms with E-state index in [1.807, 2.05) is 12.1 Å². The maximum absolute atomic E-state index is 11.7. The Morgan fingerprint density at radius 1 is 0.952 bits per heavy atom. The van der Waals surface area contributed by atoms with Crippen LogP contribution >= 0.6 is 34.8 Å². The number of carbonyl (C=O) groups is 1. The summed E-state index contributed by atoms with van der Waals surface area (Å²) in [5, 5.41) is 4.33. The van der Waals surface area contributed by atoms with Gasteiger partial charge in [0.2, 0.25) is 6.10 Å². The highest BCUT2D eigenvalue weighted by Crippen LogP contribution is 2.33. The van der Waals surface area contributed by atoms with Gasteiger partial charge in [-0.3, -0.25) is 4.79 Å². The van der Waals surface area contributed by atoms with Crippen LogP contribution in [0.4, 0.5) is 0 Å². The summed E-state index contributed by atoms with van der Waals surface area (Å²) in [6.45, 7) is 0. The molecule has 2 atom stereocenters. The molecular weight excluding hydrogens is 333 g/mol. The first-order valence-corrected chi connectivity index (χ1v) is 7.35. The van der Waals surface area contributed by atoms with Gasteiger partial charge in [0, 0.05) is 10.0 Å². The van der Waals surface area contributed by atoms with Crippen LogP contribution in [0.3, 0.4) is 0 Å². The van der Waals surface area contributed by atoms with E-state index in [2.05, 4.69) is 5.32 Å². The SMILES string of the molecule is O=C1N[C@@H](c2ccc(Cl)cc2)[C@H]1Oc1ccc(Cl)cc1Cl. The van der Waals surface area contributed by atoms with Crippen LogP contribution in [0.5, 0.6) is 5.75 Å². The van der Waals surface area contributed by atoms with Crippen LogP contribution in [0.15, 0.2) is 42.5 Å². The van der Waals surface area contributed by atoms with Crippen molar-refractivity contribution in [2.75, 3.05) is 0 Å². The second-order valence-electron chi connectivity index (χ2n) is 4.65. The van der Waals surface area contributed by atoms with E-state index in [0.717, 1.165) is 5.56 Å². The molecule has 3 nitrogen and oxygen atoms in total. The van der Waals surface area contributed by atoms with Gasteiger partial charge in [-0.25, -0.2) is 0 Å². The minimum Gasteiger partial charge on any atom is -0.476 e. The Morgan fingerprint density at radius 3 is 2.24 bits per heavy atom. The molecule has 0 radical (unpaired) electrons. The van der Waals surface area contributed by atoms with Gasteiger partial charge in [0.15, 0.2) is 0 Å². The molecule has 1 aliphatic heterocycles. The standard InChI is InChI=1S/C15H10Cl3NO2/c16-9-3-1-8(2-4-9)13-14(15(20)19-13)21-12-6-5-10(17)7-11(12)18/h1-7,13-14H,(H,19,20)/t13-,14+/m0/s1. The van der Waals surface area contributed by atoms with Crippen LogP contribution in [0.25, 0.3) is 0 Å².